The first kappa shape index (κ1) is 14.8. The smallest absolute Gasteiger partial charge is 0.135 e. The van der Waals surface area contributed by atoms with Gasteiger partial charge in [0, 0.05) is 24.8 Å². The van der Waals surface area contributed by atoms with E-state index in [0.29, 0.717) is 0 Å². The van der Waals surface area contributed by atoms with Gasteiger partial charge in [-0.25, -0.2) is 9.97 Å². The Labute approximate surface area is 132 Å². The molecule has 1 N–H and O–H groups in total. The highest BCUT2D eigenvalue weighted by Crippen LogP contribution is 2.24. The van der Waals surface area contributed by atoms with Gasteiger partial charge in [0.15, 0.2) is 0 Å². The Morgan fingerprint density at radius 3 is 2.59 bits per heavy atom. The van der Waals surface area contributed by atoms with Gasteiger partial charge < -0.3 is 10.2 Å². The molecule has 1 fully saturated rings. The van der Waals surface area contributed by atoms with Gasteiger partial charge in [0.2, 0.25) is 0 Å². The van der Waals surface area contributed by atoms with Crippen LogP contribution in [0.2, 0.25) is 0 Å². The Hall–Kier alpha value is -2.10. The number of aromatic nitrogens is 2. The van der Waals surface area contributed by atoms with Crippen molar-refractivity contribution in [1.29, 1.82) is 0 Å². The van der Waals surface area contributed by atoms with Crippen LogP contribution in [0.15, 0.2) is 30.6 Å². The van der Waals surface area contributed by atoms with E-state index in [1.807, 2.05) is 0 Å². The third-order valence-electron chi connectivity index (χ3n) is 4.13. The molecule has 22 heavy (non-hydrogen) atoms. The molecule has 2 aromatic rings. The SMILES string of the molecule is Cc1cc(C)cc(Nc2cc(N3CCCC(C)C3)ncn2)c1. The standard InChI is InChI=1S/C18H24N4/c1-13-5-4-6-22(11-13)18-10-17(19-12-20-18)21-16-8-14(2)7-15(3)9-16/h7-10,12-13H,4-6,11H2,1-3H3,(H,19,20,21). The summed E-state index contributed by atoms with van der Waals surface area (Å²) in [6.45, 7) is 8.70. The number of rotatable bonds is 3. The number of benzene rings is 1. The molecular weight excluding hydrogens is 272 g/mol. The fourth-order valence-electron chi connectivity index (χ4n) is 3.18. The monoisotopic (exact) mass is 296 g/mol. The third-order valence-corrected chi connectivity index (χ3v) is 4.13. The molecule has 1 aliphatic heterocycles. The molecule has 116 valence electrons. The Morgan fingerprint density at radius 1 is 1.09 bits per heavy atom. The summed E-state index contributed by atoms with van der Waals surface area (Å²) in [6, 6.07) is 8.50. The van der Waals surface area contributed by atoms with Crippen molar-refractivity contribution in [1.82, 2.24) is 9.97 Å². The fraction of sp³-hybridized carbons (Fsp3) is 0.444. The highest BCUT2D eigenvalue weighted by Gasteiger charge is 2.17. The molecule has 0 bridgehead atoms. The second-order valence-electron chi connectivity index (χ2n) is 6.46. The van der Waals surface area contributed by atoms with Crippen LogP contribution in [0.1, 0.15) is 30.9 Å². The number of hydrogen-bond donors (Lipinski definition) is 1. The zero-order valence-electron chi connectivity index (χ0n) is 13.6. The minimum Gasteiger partial charge on any atom is -0.356 e. The van der Waals surface area contributed by atoms with E-state index in [9.17, 15) is 0 Å². The van der Waals surface area contributed by atoms with E-state index in [0.717, 1.165) is 36.3 Å². The number of anilines is 3. The number of nitrogens with zero attached hydrogens (tertiary/aromatic N) is 3. The summed E-state index contributed by atoms with van der Waals surface area (Å²) in [5.74, 6) is 2.61. The fourth-order valence-corrected chi connectivity index (χ4v) is 3.18. The van der Waals surface area contributed by atoms with Gasteiger partial charge in [-0.3, -0.25) is 0 Å². The first-order valence-corrected chi connectivity index (χ1v) is 8.02. The highest BCUT2D eigenvalue weighted by atomic mass is 15.2. The molecule has 0 radical (unpaired) electrons. The molecule has 0 saturated carbocycles. The van der Waals surface area contributed by atoms with Crippen LogP contribution in [0.5, 0.6) is 0 Å². The molecule has 1 aromatic carbocycles. The van der Waals surface area contributed by atoms with Gasteiger partial charge >= 0.3 is 0 Å². The zero-order valence-corrected chi connectivity index (χ0v) is 13.6. The molecule has 1 saturated heterocycles. The number of piperidine rings is 1. The van der Waals surface area contributed by atoms with Gasteiger partial charge in [-0.1, -0.05) is 13.0 Å². The molecule has 1 unspecified atom stereocenters. The van der Waals surface area contributed by atoms with Crippen molar-refractivity contribution in [3.63, 3.8) is 0 Å². The molecule has 0 amide bonds. The Morgan fingerprint density at radius 2 is 1.86 bits per heavy atom. The molecule has 2 heterocycles. The van der Waals surface area contributed by atoms with E-state index < -0.39 is 0 Å². The average molecular weight is 296 g/mol. The van der Waals surface area contributed by atoms with Crippen molar-refractivity contribution in [2.45, 2.75) is 33.6 Å². The van der Waals surface area contributed by atoms with Crippen molar-refractivity contribution in [2.75, 3.05) is 23.3 Å². The summed E-state index contributed by atoms with van der Waals surface area (Å²) in [4.78, 5) is 11.2. The Kier molecular flexibility index (Phi) is 4.27. The lowest BCUT2D eigenvalue weighted by Crippen LogP contribution is -2.34. The average Bonchev–Trinajstić information content (AvgIpc) is 2.46. The van der Waals surface area contributed by atoms with Crippen molar-refractivity contribution >= 4 is 17.3 Å². The largest absolute Gasteiger partial charge is 0.356 e. The van der Waals surface area contributed by atoms with Gasteiger partial charge in [-0.2, -0.15) is 0 Å². The van der Waals surface area contributed by atoms with Crippen molar-refractivity contribution in [3.05, 3.63) is 41.7 Å². The van der Waals surface area contributed by atoms with E-state index in [1.54, 1.807) is 6.33 Å². The van der Waals surface area contributed by atoms with Crippen LogP contribution in [0, 0.1) is 19.8 Å². The predicted octanol–water partition coefficient (Wildman–Crippen LogP) is 4.07. The maximum atomic E-state index is 4.45. The second kappa shape index (κ2) is 6.34. The van der Waals surface area contributed by atoms with Gasteiger partial charge in [0.25, 0.3) is 0 Å². The first-order chi connectivity index (χ1) is 10.6. The topological polar surface area (TPSA) is 41.0 Å². The lowest BCUT2D eigenvalue weighted by Gasteiger charge is -2.31. The van der Waals surface area contributed by atoms with Gasteiger partial charge in [-0.15, -0.1) is 0 Å². The maximum absolute atomic E-state index is 4.45. The van der Waals surface area contributed by atoms with Crippen LogP contribution in [0.4, 0.5) is 17.3 Å². The summed E-state index contributed by atoms with van der Waals surface area (Å²) in [7, 11) is 0. The van der Waals surface area contributed by atoms with Crippen LogP contribution in [0.3, 0.4) is 0 Å². The van der Waals surface area contributed by atoms with Gasteiger partial charge in [-0.05, 0) is 55.9 Å². The van der Waals surface area contributed by atoms with Crippen LogP contribution in [0.25, 0.3) is 0 Å². The van der Waals surface area contributed by atoms with Crippen molar-refractivity contribution < 1.29 is 0 Å². The molecule has 3 rings (SSSR count). The number of hydrogen-bond acceptors (Lipinski definition) is 4. The van der Waals surface area contributed by atoms with E-state index in [4.69, 9.17) is 0 Å². The van der Waals surface area contributed by atoms with Gasteiger partial charge in [0.1, 0.15) is 18.0 Å². The lowest BCUT2D eigenvalue weighted by atomic mass is 10.0. The maximum Gasteiger partial charge on any atom is 0.135 e. The van der Waals surface area contributed by atoms with E-state index >= 15 is 0 Å². The zero-order chi connectivity index (χ0) is 15.5. The summed E-state index contributed by atoms with van der Waals surface area (Å²) >= 11 is 0. The molecule has 1 atom stereocenters. The quantitative estimate of drug-likeness (QED) is 0.927. The molecule has 4 nitrogen and oxygen atoms in total. The van der Waals surface area contributed by atoms with Crippen LogP contribution in [-0.2, 0) is 0 Å². The molecule has 4 heteroatoms. The van der Waals surface area contributed by atoms with Crippen LogP contribution in [-0.4, -0.2) is 23.1 Å². The summed E-state index contributed by atoms with van der Waals surface area (Å²) in [5, 5.41) is 3.40. The summed E-state index contributed by atoms with van der Waals surface area (Å²) in [6.07, 6.45) is 4.21. The molecule has 1 aromatic heterocycles. The minimum atomic E-state index is 0.736. The van der Waals surface area contributed by atoms with E-state index in [2.05, 4.69) is 65.2 Å². The number of aryl methyl sites for hydroxylation is 2. The van der Waals surface area contributed by atoms with Crippen LogP contribution >= 0.6 is 0 Å². The lowest BCUT2D eigenvalue weighted by molar-refractivity contribution is 0.444. The minimum absolute atomic E-state index is 0.736. The molecule has 0 aliphatic carbocycles. The highest BCUT2D eigenvalue weighted by molar-refractivity contribution is 5.60. The first-order valence-electron chi connectivity index (χ1n) is 8.02. The number of nitrogens with one attached hydrogen (secondary N) is 1. The second-order valence-corrected chi connectivity index (χ2v) is 6.46. The Balaban J connectivity index is 1.78. The molecule has 1 aliphatic rings. The predicted molar refractivity (Wildman–Crippen MR) is 91.8 cm³/mol. The molecule has 0 spiro atoms. The normalized spacial score (nSPS) is 18.3. The van der Waals surface area contributed by atoms with Gasteiger partial charge in [0.05, 0.1) is 0 Å². The molecular formula is C18H24N4. The summed E-state index contributed by atoms with van der Waals surface area (Å²) < 4.78 is 0. The van der Waals surface area contributed by atoms with Crippen molar-refractivity contribution in [2.24, 2.45) is 5.92 Å². The summed E-state index contributed by atoms with van der Waals surface area (Å²) in [5.41, 5.74) is 3.58. The van der Waals surface area contributed by atoms with Crippen molar-refractivity contribution in [3.8, 4) is 0 Å². The van der Waals surface area contributed by atoms with E-state index in [1.165, 1.54) is 24.0 Å². The Bertz CT molecular complexity index is 633. The van der Waals surface area contributed by atoms with Crippen LogP contribution < -0.4 is 10.2 Å². The van der Waals surface area contributed by atoms with E-state index in [-0.39, 0.29) is 0 Å². The third kappa shape index (κ3) is 3.56.